The summed E-state index contributed by atoms with van der Waals surface area (Å²) in [6.07, 6.45) is 5.55. The third kappa shape index (κ3) is 3.95. The molecule has 106 valence electrons. The van der Waals surface area contributed by atoms with Crippen LogP contribution in [0.3, 0.4) is 0 Å². The molecule has 0 aliphatic heterocycles. The van der Waals surface area contributed by atoms with Crippen LogP contribution in [0.5, 0.6) is 0 Å². The normalized spacial score (nSPS) is 26.1. The van der Waals surface area contributed by atoms with Gasteiger partial charge in [-0.25, -0.2) is 0 Å². The summed E-state index contributed by atoms with van der Waals surface area (Å²) < 4.78 is 5.16. The van der Waals surface area contributed by atoms with Crippen molar-refractivity contribution < 1.29 is 9.53 Å². The predicted molar refractivity (Wildman–Crippen MR) is 73.6 cm³/mol. The quantitative estimate of drug-likeness (QED) is 0.736. The number of carbonyl (C=O) groups excluding carboxylic acids is 1. The number of hydrogen-bond donors (Lipinski definition) is 1. The molecule has 0 spiro atoms. The second kappa shape index (κ2) is 7.74. The van der Waals surface area contributed by atoms with Crippen molar-refractivity contribution in [3.8, 4) is 0 Å². The predicted octanol–water partition coefficient (Wildman–Crippen LogP) is 1.79. The first kappa shape index (κ1) is 15.4. The minimum absolute atomic E-state index is 0.0711. The second-order valence-corrected chi connectivity index (χ2v) is 5.14. The molecule has 1 fully saturated rings. The number of hydrogen-bond acceptors (Lipinski definition) is 4. The Morgan fingerprint density at radius 1 is 1.33 bits per heavy atom. The molecule has 1 aliphatic carbocycles. The number of esters is 1. The fraction of sp³-hybridized carbons (Fsp3) is 0.929. The molecule has 1 atom stereocenters. The van der Waals surface area contributed by atoms with Crippen molar-refractivity contribution in [3.63, 3.8) is 0 Å². The van der Waals surface area contributed by atoms with Crippen LogP contribution in [0, 0.1) is 0 Å². The first-order chi connectivity index (χ1) is 8.63. The zero-order valence-corrected chi connectivity index (χ0v) is 12.2. The van der Waals surface area contributed by atoms with E-state index in [0.29, 0.717) is 18.7 Å². The molecule has 4 heteroatoms. The average Bonchev–Trinajstić information content (AvgIpc) is 2.40. The monoisotopic (exact) mass is 256 g/mol. The molecule has 0 aromatic heterocycles. The summed E-state index contributed by atoms with van der Waals surface area (Å²) >= 11 is 0. The van der Waals surface area contributed by atoms with E-state index in [0.717, 1.165) is 19.3 Å². The topological polar surface area (TPSA) is 41.6 Å². The zero-order chi connectivity index (χ0) is 13.5. The van der Waals surface area contributed by atoms with Crippen molar-refractivity contribution in [1.29, 1.82) is 0 Å². The maximum absolute atomic E-state index is 11.9. The van der Waals surface area contributed by atoms with Crippen molar-refractivity contribution in [2.45, 2.75) is 64.1 Å². The largest absolute Gasteiger partial charge is 0.465 e. The van der Waals surface area contributed by atoms with Gasteiger partial charge in [-0.3, -0.25) is 9.69 Å². The molecule has 0 amide bonds. The fourth-order valence-corrected chi connectivity index (χ4v) is 2.89. The Morgan fingerprint density at radius 3 is 2.39 bits per heavy atom. The molecule has 1 unspecified atom stereocenters. The van der Waals surface area contributed by atoms with Gasteiger partial charge in [-0.1, -0.05) is 6.92 Å². The van der Waals surface area contributed by atoms with Crippen LogP contribution in [-0.2, 0) is 9.53 Å². The third-order valence-electron chi connectivity index (χ3n) is 4.12. The summed E-state index contributed by atoms with van der Waals surface area (Å²) in [5.74, 6) is -0.0711. The summed E-state index contributed by atoms with van der Waals surface area (Å²) in [6, 6.07) is 1.09. The summed E-state index contributed by atoms with van der Waals surface area (Å²) in [7, 11) is 4.09. The van der Waals surface area contributed by atoms with Crippen molar-refractivity contribution >= 4 is 5.97 Å². The van der Waals surface area contributed by atoms with Gasteiger partial charge in [-0.15, -0.1) is 0 Å². The minimum Gasteiger partial charge on any atom is -0.465 e. The van der Waals surface area contributed by atoms with Crippen LogP contribution in [-0.4, -0.2) is 49.7 Å². The molecule has 0 heterocycles. The fourth-order valence-electron chi connectivity index (χ4n) is 2.89. The van der Waals surface area contributed by atoms with Gasteiger partial charge < -0.3 is 10.1 Å². The highest BCUT2D eigenvalue weighted by Crippen LogP contribution is 2.24. The Morgan fingerprint density at radius 2 is 1.94 bits per heavy atom. The average molecular weight is 256 g/mol. The highest BCUT2D eigenvalue weighted by Gasteiger charge is 2.30. The Hall–Kier alpha value is -0.610. The van der Waals surface area contributed by atoms with Gasteiger partial charge in [0.1, 0.15) is 6.04 Å². The molecular weight excluding hydrogens is 228 g/mol. The lowest BCUT2D eigenvalue weighted by molar-refractivity contribution is -0.150. The summed E-state index contributed by atoms with van der Waals surface area (Å²) in [5, 5.41) is 3.34. The van der Waals surface area contributed by atoms with Crippen LogP contribution in [0.4, 0.5) is 0 Å². The number of rotatable bonds is 6. The minimum atomic E-state index is -0.0823. The van der Waals surface area contributed by atoms with Gasteiger partial charge >= 0.3 is 5.97 Å². The Labute approximate surface area is 111 Å². The van der Waals surface area contributed by atoms with Gasteiger partial charge in [0.2, 0.25) is 0 Å². The first-order valence-electron chi connectivity index (χ1n) is 7.19. The summed E-state index contributed by atoms with van der Waals surface area (Å²) in [6.45, 7) is 4.38. The maximum atomic E-state index is 11.9. The molecule has 0 aromatic rings. The van der Waals surface area contributed by atoms with Gasteiger partial charge in [0, 0.05) is 12.1 Å². The number of nitrogens with one attached hydrogen (secondary N) is 1. The smallest absolute Gasteiger partial charge is 0.323 e. The van der Waals surface area contributed by atoms with Crippen LogP contribution in [0.15, 0.2) is 0 Å². The Bertz CT molecular complexity index is 250. The van der Waals surface area contributed by atoms with Crippen molar-refractivity contribution in [3.05, 3.63) is 0 Å². The molecule has 1 rings (SSSR count). The van der Waals surface area contributed by atoms with Gasteiger partial charge in [0.15, 0.2) is 0 Å². The van der Waals surface area contributed by atoms with Crippen LogP contribution >= 0.6 is 0 Å². The van der Waals surface area contributed by atoms with Crippen molar-refractivity contribution in [2.24, 2.45) is 0 Å². The number of likely N-dealkylation sites (N-methyl/N-ethyl adjacent to an activating group) is 1. The molecule has 0 radical (unpaired) electrons. The van der Waals surface area contributed by atoms with E-state index in [2.05, 4.69) is 24.2 Å². The van der Waals surface area contributed by atoms with E-state index in [-0.39, 0.29) is 12.0 Å². The van der Waals surface area contributed by atoms with E-state index >= 15 is 0 Å². The molecule has 1 saturated carbocycles. The number of carbonyl (C=O) groups is 1. The van der Waals surface area contributed by atoms with Crippen molar-refractivity contribution in [1.82, 2.24) is 10.2 Å². The zero-order valence-electron chi connectivity index (χ0n) is 12.2. The third-order valence-corrected chi connectivity index (χ3v) is 4.12. The lowest BCUT2D eigenvalue weighted by Crippen LogP contribution is -2.48. The Kier molecular flexibility index (Phi) is 6.65. The Balaban J connectivity index is 2.51. The van der Waals surface area contributed by atoms with E-state index in [4.69, 9.17) is 4.74 Å². The molecular formula is C14H28N2O2. The van der Waals surface area contributed by atoms with Gasteiger partial charge in [0.25, 0.3) is 0 Å². The SMILES string of the molecule is CCOC(=O)C(CC)N(C)C1CCC(NC)CC1. The number of ether oxygens (including phenoxy) is 1. The van der Waals surface area contributed by atoms with E-state index in [1.807, 2.05) is 14.0 Å². The van der Waals surface area contributed by atoms with Crippen LogP contribution in [0.2, 0.25) is 0 Å². The molecule has 18 heavy (non-hydrogen) atoms. The lowest BCUT2D eigenvalue weighted by atomic mass is 9.89. The highest BCUT2D eigenvalue weighted by molar-refractivity contribution is 5.75. The summed E-state index contributed by atoms with van der Waals surface area (Å²) in [4.78, 5) is 14.1. The van der Waals surface area contributed by atoms with Gasteiger partial charge in [-0.2, -0.15) is 0 Å². The lowest BCUT2D eigenvalue weighted by Gasteiger charge is -2.37. The highest BCUT2D eigenvalue weighted by atomic mass is 16.5. The van der Waals surface area contributed by atoms with Crippen LogP contribution < -0.4 is 5.32 Å². The van der Waals surface area contributed by atoms with E-state index in [9.17, 15) is 4.79 Å². The number of nitrogens with zero attached hydrogens (tertiary/aromatic N) is 1. The van der Waals surface area contributed by atoms with Gasteiger partial charge in [0.05, 0.1) is 6.61 Å². The first-order valence-corrected chi connectivity index (χ1v) is 7.19. The van der Waals surface area contributed by atoms with E-state index in [1.54, 1.807) is 0 Å². The standard InChI is InChI=1S/C14H28N2O2/c1-5-13(14(17)18-6-2)16(4)12-9-7-11(15-3)8-10-12/h11-13,15H,5-10H2,1-4H3. The van der Waals surface area contributed by atoms with Gasteiger partial charge in [-0.05, 0) is 53.1 Å². The molecule has 0 bridgehead atoms. The second-order valence-electron chi connectivity index (χ2n) is 5.14. The molecule has 0 aromatic carbocycles. The van der Waals surface area contributed by atoms with Crippen molar-refractivity contribution in [2.75, 3.05) is 20.7 Å². The van der Waals surface area contributed by atoms with E-state index in [1.165, 1.54) is 12.8 Å². The molecule has 0 saturated heterocycles. The van der Waals surface area contributed by atoms with E-state index < -0.39 is 0 Å². The molecule has 4 nitrogen and oxygen atoms in total. The molecule has 1 aliphatic rings. The van der Waals surface area contributed by atoms with Crippen LogP contribution in [0.1, 0.15) is 46.0 Å². The maximum Gasteiger partial charge on any atom is 0.323 e. The molecule has 1 N–H and O–H groups in total. The van der Waals surface area contributed by atoms with Crippen LogP contribution in [0.25, 0.3) is 0 Å². The summed E-state index contributed by atoms with van der Waals surface area (Å²) in [5.41, 5.74) is 0.